The van der Waals surface area contributed by atoms with Gasteiger partial charge in [-0.2, -0.15) is 5.26 Å². The van der Waals surface area contributed by atoms with E-state index in [0.717, 1.165) is 6.42 Å². The highest BCUT2D eigenvalue weighted by molar-refractivity contribution is 7.89. The highest BCUT2D eigenvalue weighted by Crippen LogP contribution is 2.31. The summed E-state index contributed by atoms with van der Waals surface area (Å²) < 4.78 is 41.2. The molecule has 2 aromatic rings. The van der Waals surface area contributed by atoms with Crippen LogP contribution in [0.1, 0.15) is 22.3 Å². The number of nitrogens with zero attached hydrogens (tertiary/aromatic N) is 4. The fourth-order valence-electron chi connectivity index (χ4n) is 4.58. The quantitative estimate of drug-likeness (QED) is 0.614. The van der Waals surface area contributed by atoms with Crippen molar-refractivity contribution in [3.63, 3.8) is 0 Å². The number of piperazine rings is 1. The molecule has 2 aromatic carbocycles. The van der Waals surface area contributed by atoms with Crippen molar-refractivity contribution in [2.45, 2.75) is 11.3 Å². The van der Waals surface area contributed by atoms with Crippen LogP contribution >= 0.6 is 0 Å². The molecule has 1 amide bonds. The summed E-state index contributed by atoms with van der Waals surface area (Å²) in [6.07, 6.45) is 0.792. The molecular formula is C24H28FN5O4S. The van der Waals surface area contributed by atoms with Crippen LogP contribution in [-0.2, 0) is 10.0 Å². The molecule has 4 rings (SSSR count). The Balaban J connectivity index is 1.57. The molecule has 0 saturated carbocycles. The zero-order valence-electron chi connectivity index (χ0n) is 19.4. The number of carbonyl (C=O) groups is 1. The minimum atomic E-state index is -3.74. The van der Waals surface area contributed by atoms with Crippen molar-refractivity contribution >= 4 is 27.3 Å². The molecule has 0 spiro atoms. The number of benzene rings is 2. The molecule has 2 saturated heterocycles. The lowest BCUT2D eigenvalue weighted by Crippen LogP contribution is -2.49. The van der Waals surface area contributed by atoms with E-state index in [0.29, 0.717) is 56.2 Å². The van der Waals surface area contributed by atoms with Gasteiger partial charge in [-0.3, -0.25) is 4.79 Å². The number of sulfonamides is 1. The number of hydrogen-bond acceptors (Lipinski definition) is 7. The van der Waals surface area contributed by atoms with E-state index in [9.17, 15) is 22.7 Å². The molecule has 2 fully saturated rings. The van der Waals surface area contributed by atoms with Crippen LogP contribution in [0.5, 0.6) is 0 Å². The molecule has 1 atom stereocenters. The highest BCUT2D eigenvalue weighted by Gasteiger charge is 2.30. The van der Waals surface area contributed by atoms with Gasteiger partial charge in [0.2, 0.25) is 10.0 Å². The Morgan fingerprint density at radius 1 is 1.14 bits per heavy atom. The third-order valence-electron chi connectivity index (χ3n) is 6.67. The normalized spacial score (nSPS) is 18.6. The number of carbonyl (C=O) groups excluding carboxylic acids is 1. The summed E-state index contributed by atoms with van der Waals surface area (Å²) in [5, 5.41) is 18.5. The Morgan fingerprint density at radius 2 is 1.89 bits per heavy atom. The van der Waals surface area contributed by atoms with Gasteiger partial charge in [-0.25, -0.2) is 17.5 Å². The maximum atomic E-state index is 14.1. The Kier molecular flexibility index (Phi) is 7.25. The molecule has 2 heterocycles. The van der Waals surface area contributed by atoms with Crippen LogP contribution in [0, 0.1) is 23.1 Å². The lowest BCUT2D eigenvalue weighted by atomic mass is 10.1. The lowest BCUT2D eigenvalue weighted by molar-refractivity contribution is 0.0747. The molecule has 9 nitrogen and oxygen atoms in total. The van der Waals surface area contributed by atoms with Gasteiger partial charge in [0.15, 0.2) is 0 Å². The van der Waals surface area contributed by atoms with Gasteiger partial charge in [-0.15, -0.1) is 0 Å². The first-order valence-electron chi connectivity index (χ1n) is 11.4. The van der Waals surface area contributed by atoms with Gasteiger partial charge in [0.1, 0.15) is 11.9 Å². The first-order valence-corrected chi connectivity index (χ1v) is 12.9. The molecule has 186 valence electrons. The van der Waals surface area contributed by atoms with Crippen LogP contribution in [0.2, 0.25) is 0 Å². The van der Waals surface area contributed by atoms with Gasteiger partial charge >= 0.3 is 0 Å². The van der Waals surface area contributed by atoms with Crippen LogP contribution in [0.25, 0.3) is 0 Å². The summed E-state index contributed by atoms with van der Waals surface area (Å²) in [7, 11) is -2.42. The van der Waals surface area contributed by atoms with Crippen LogP contribution in [-0.4, -0.2) is 77.3 Å². The molecule has 0 bridgehead atoms. The zero-order valence-corrected chi connectivity index (χ0v) is 20.3. The molecule has 2 aliphatic rings. The first-order chi connectivity index (χ1) is 16.8. The molecule has 2 N–H and O–H groups in total. The van der Waals surface area contributed by atoms with Crippen LogP contribution in [0.15, 0.2) is 41.3 Å². The average Bonchev–Trinajstić information content (AvgIpc) is 3.37. The van der Waals surface area contributed by atoms with E-state index in [2.05, 4.69) is 4.72 Å². The molecule has 11 heteroatoms. The number of amides is 1. The lowest BCUT2D eigenvalue weighted by Gasteiger charge is -2.37. The average molecular weight is 502 g/mol. The van der Waals surface area contributed by atoms with Crippen molar-refractivity contribution in [1.82, 2.24) is 9.62 Å². The van der Waals surface area contributed by atoms with Crippen molar-refractivity contribution in [1.29, 1.82) is 5.26 Å². The van der Waals surface area contributed by atoms with Crippen LogP contribution in [0.4, 0.5) is 15.8 Å². The van der Waals surface area contributed by atoms with Gasteiger partial charge in [0.25, 0.3) is 5.91 Å². The van der Waals surface area contributed by atoms with Crippen LogP contribution in [0.3, 0.4) is 0 Å². The second kappa shape index (κ2) is 10.2. The van der Waals surface area contributed by atoms with Crippen molar-refractivity contribution < 1.29 is 22.7 Å². The van der Waals surface area contributed by atoms with Gasteiger partial charge in [-0.05, 0) is 49.9 Å². The Bertz CT molecular complexity index is 1260. The molecule has 0 radical (unpaired) electrons. The summed E-state index contributed by atoms with van der Waals surface area (Å²) in [4.78, 5) is 19.2. The first kappa shape index (κ1) is 24.9. The number of anilines is 2. The smallest absolute Gasteiger partial charge is 0.256 e. The largest absolute Gasteiger partial charge is 0.396 e. The predicted molar refractivity (Wildman–Crippen MR) is 129 cm³/mol. The van der Waals surface area contributed by atoms with Crippen molar-refractivity contribution in [3.8, 4) is 6.07 Å². The summed E-state index contributed by atoms with van der Waals surface area (Å²) in [6, 6.07) is 10.8. The van der Waals surface area contributed by atoms with Crippen molar-refractivity contribution in [3.05, 3.63) is 53.3 Å². The summed E-state index contributed by atoms with van der Waals surface area (Å²) >= 11 is 0. The Hall–Kier alpha value is -3.20. The number of halogens is 1. The van der Waals surface area contributed by atoms with E-state index in [1.54, 1.807) is 17.0 Å². The molecule has 0 aliphatic carbocycles. The van der Waals surface area contributed by atoms with E-state index >= 15 is 0 Å². The third-order valence-corrected chi connectivity index (χ3v) is 8.08. The monoisotopic (exact) mass is 501 g/mol. The summed E-state index contributed by atoms with van der Waals surface area (Å²) in [6.45, 7) is 3.01. The molecule has 0 aromatic heterocycles. The number of rotatable bonds is 6. The number of aliphatic hydroxyl groups excluding tert-OH is 1. The number of nitrogens with one attached hydrogen (secondary N) is 1. The maximum Gasteiger partial charge on any atom is 0.256 e. The highest BCUT2D eigenvalue weighted by atomic mass is 32.2. The SMILES string of the molecule is CNS(=O)(=O)c1ccc(N2CCC(CO)C2)c(C(=O)N2CCN(c3ccc(C#N)c(F)c3)CC2)c1. The van der Waals surface area contributed by atoms with Crippen molar-refractivity contribution in [2.75, 3.05) is 62.7 Å². The third kappa shape index (κ3) is 5.10. The maximum absolute atomic E-state index is 14.1. The number of aliphatic hydroxyl groups is 1. The molecule has 2 aliphatic heterocycles. The zero-order chi connectivity index (χ0) is 25.2. The predicted octanol–water partition coefficient (Wildman–Crippen LogP) is 1.39. The van der Waals surface area contributed by atoms with E-state index in [4.69, 9.17) is 5.26 Å². The van der Waals surface area contributed by atoms with Crippen LogP contribution < -0.4 is 14.5 Å². The molecule has 1 unspecified atom stereocenters. The number of nitriles is 1. The molecular weight excluding hydrogens is 473 g/mol. The van der Waals surface area contributed by atoms with E-state index in [-0.39, 0.29) is 28.9 Å². The second-order valence-electron chi connectivity index (χ2n) is 8.73. The van der Waals surface area contributed by atoms with Gasteiger partial charge in [-0.1, -0.05) is 0 Å². The fourth-order valence-corrected chi connectivity index (χ4v) is 5.33. The van der Waals surface area contributed by atoms with Gasteiger partial charge < -0.3 is 19.8 Å². The number of hydrogen-bond donors (Lipinski definition) is 2. The summed E-state index contributed by atoms with van der Waals surface area (Å²) in [5.74, 6) is -0.746. The Morgan fingerprint density at radius 3 is 2.49 bits per heavy atom. The van der Waals surface area contributed by atoms with Gasteiger partial charge in [0, 0.05) is 63.2 Å². The molecule has 35 heavy (non-hydrogen) atoms. The van der Waals surface area contributed by atoms with E-state index in [1.165, 1.54) is 31.3 Å². The topological polar surface area (TPSA) is 117 Å². The van der Waals surface area contributed by atoms with Gasteiger partial charge in [0.05, 0.1) is 16.0 Å². The summed E-state index contributed by atoms with van der Waals surface area (Å²) in [5.41, 5.74) is 1.58. The standard InChI is InChI=1S/C24H28FN5O4S/c1-27-35(33,34)20-4-5-23(30-7-6-17(15-30)16-31)21(13-20)24(32)29-10-8-28(9-11-29)19-3-2-18(14-26)22(25)12-19/h2-5,12-13,17,27,31H,6-11,15-16H2,1H3. The fraction of sp³-hybridized carbons (Fsp3) is 0.417. The van der Waals surface area contributed by atoms with E-state index < -0.39 is 15.8 Å². The minimum Gasteiger partial charge on any atom is -0.396 e. The van der Waals surface area contributed by atoms with Crippen molar-refractivity contribution in [2.24, 2.45) is 5.92 Å². The second-order valence-corrected chi connectivity index (χ2v) is 10.6. The van der Waals surface area contributed by atoms with E-state index in [1.807, 2.05) is 15.9 Å². The minimum absolute atomic E-state index is 0.0108. The Labute approximate surface area is 204 Å².